The molecule has 1 heterocycles. The van der Waals surface area contributed by atoms with Crippen LogP contribution in [0.2, 0.25) is 0 Å². The summed E-state index contributed by atoms with van der Waals surface area (Å²) in [5.74, 6) is -0.910. The molecule has 1 aromatic heterocycles. The minimum absolute atomic E-state index is 0.0609. The van der Waals surface area contributed by atoms with Gasteiger partial charge in [0.2, 0.25) is 5.91 Å². The van der Waals surface area contributed by atoms with E-state index in [2.05, 4.69) is 5.32 Å². The van der Waals surface area contributed by atoms with Crippen LogP contribution in [0.15, 0.2) is 48.5 Å². The summed E-state index contributed by atoms with van der Waals surface area (Å²) in [4.78, 5) is 36.9. The van der Waals surface area contributed by atoms with Crippen LogP contribution in [0.5, 0.6) is 0 Å². The molecule has 2 aromatic carbocycles. The molecule has 0 saturated carbocycles. The molecule has 3 aromatic rings. The Morgan fingerprint density at radius 1 is 1.12 bits per heavy atom. The number of ketones is 1. The first-order valence-electron chi connectivity index (χ1n) is 11.3. The van der Waals surface area contributed by atoms with E-state index in [0.717, 1.165) is 22.2 Å². The maximum absolute atomic E-state index is 14.0. The molecule has 1 amide bonds. The minimum Gasteiger partial charge on any atom is -0.465 e. The Morgan fingerprint density at radius 3 is 2.67 bits per heavy atom. The van der Waals surface area contributed by atoms with E-state index in [1.807, 2.05) is 10.6 Å². The maximum atomic E-state index is 14.0. The number of aromatic nitrogens is 1. The first-order valence-corrected chi connectivity index (χ1v) is 11.3. The van der Waals surface area contributed by atoms with Crippen LogP contribution in [0.1, 0.15) is 47.8 Å². The van der Waals surface area contributed by atoms with E-state index in [1.165, 1.54) is 12.1 Å². The molecule has 33 heavy (non-hydrogen) atoms. The lowest BCUT2D eigenvalue weighted by molar-refractivity contribution is -0.143. The Labute approximate surface area is 191 Å². The second-order valence-corrected chi connectivity index (χ2v) is 8.27. The zero-order chi connectivity index (χ0) is 23.4. The predicted molar refractivity (Wildman–Crippen MR) is 122 cm³/mol. The number of nitrogens with zero attached hydrogens (tertiary/aromatic N) is 1. The lowest BCUT2D eigenvalue weighted by Crippen LogP contribution is -2.39. The molecular weight excluding hydrogens is 423 g/mol. The van der Waals surface area contributed by atoms with Crippen LogP contribution in [0, 0.1) is 5.82 Å². The molecule has 0 spiro atoms. The summed E-state index contributed by atoms with van der Waals surface area (Å²) in [5, 5.41) is 3.79. The van der Waals surface area contributed by atoms with E-state index in [4.69, 9.17) is 4.74 Å². The number of fused-ring (bicyclic) bond motifs is 3. The number of benzene rings is 2. The number of hydrogen-bond acceptors (Lipinski definition) is 4. The average Bonchev–Trinajstić information content (AvgIpc) is 3.10. The molecule has 172 valence electrons. The van der Waals surface area contributed by atoms with Crippen LogP contribution < -0.4 is 5.32 Å². The number of esters is 1. The number of ether oxygens (including phenoxy) is 1. The molecule has 0 saturated heterocycles. The van der Waals surface area contributed by atoms with E-state index in [-0.39, 0.29) is 48.9 Å². The molecule has 6 nitrogen and oxygen atoms in total. The third-order valence-corrected chi connectivity index (χ3v) is 6.06. The van der Waals surface area contributed by atoms with Crippen LogP contribution in [-0.2, 0) is 33.7 Å². The Hall–Kier alpha value is -3.48. The van der Waals surface area contributed by atoms with Crippen molar-refractivity contribution in [2.75, 3.05) is 6.61 Å². The van der Waals surface area contributed by atoms with Crippen molar-refractivity contribution in [3.63, 3.8) is 0 Å². The number of amides is 1. The van der Waals surface area contributed by atoms with Gasteiger partial charge in [-0.25, -0.2) is 4.39 Å². The van der Waals surface area contributed by atoms with Gasteiger partial charge in [-0.3, -0.25) is 14.4 Å². The van der Waals surface area contributed by atoms with Gasteiger partial charge in [0.25, 0.3) is 0 Å². The van der Waals surface area contributed by atoms with Crippen LogP contribution in [0.4, 0.5) is 4.39 Å². The number of rotatable bonds is 8. The molecule has 1 atom stereocenters. The SMILES string of the molecule is CCOC(=O)Cn1c2c(c3cc(F)ccc31)C[C@@H](NC(=O)CCC(=O)c1ccccc1)CC2. The normalized spacial score (nSPS) is 15.2. The third-order valence-electron chi connectivity index (χ3n) is 6.06. The van der Waals surface area contributed by atoms with Gasteiger partial charge in [0.15, 0.2) is 5.78 Å². The van der Waals surface area contributed by atoms with Gasteiger partial charge >= 0.3 is 5.97 Å². The molecule has 0 unspecified atom stereocenters. The fraction of sp³-hybridized carbons (Fsp3) is 0.346. The van der Waals surface area contributed by atoms with Crippen LogP contribution >= 0.6 is 0 Å². The molecular formula is C26H27FN2O4. The van der Waals surface area contributed by atoms with Crippen molar-refractivity contribution >= 4 is 28.6 Å². The molecule has 1 aliphatic rings. The molecule has 0 fully saturated rings. The molecule has 1 aliphatic carbocycles. The number of hydrogen-bond donors (Lipinski definition) is 1. The highest BCUT2D eigenvalue weighted by molar-refractivity contribution is 5.98. The highest BCUT2D eigenvalue weighted by Crippen LogP contribution is 2.33. The Kier molecular flexibility index (Phi) is 6.87. The standard InChI is InChI=1S/C26H27FN2O4/c1-2-33-26(32)16-29-22-10-8-18(27)14-20(22)21-15-19(9-11-23(21)29)28-25(31)13-12-24(30)17-6-4-3-5-7-17/h3-8,10,14,19H,2,9,11-13,15-16H2,1H3,(H,28,31)/t19-/m0/s1. The van der Waals surface area contributed by atoms with Gasteiger partial charge in [0.1, 0.15) is 12.4 Å². The second kappa shape index (κ2) is 9.98. The topological polar surface area (TPSA) is 77.4 Å². The van der Waals surface area contributed by atoms with E-state index in [0.29, 0.717) is 31.4 Å². The third kappa shape index (κ3) is 5.13. The van der Waals surface area contributed by atoms with Crippen molar-refractivity contribution in [3.05, 3.63) is 71.2 Å². The van der Waals surface area contributed by atoms with E-state index < -0.39 is 0 Å². The zero-order valence-electron chi connectivity index (χ0n) is 18.6. The molecule has 7 heteroatoms. The van der Waals surface area contributed by atoms with Crippen LogP contribution in [0.25, 0.3) is 10.9 Å². The van der Waals surface area contributed by atoms with Crippen LogP contribution in [0.3, 0.4) is 0 Å². The summed E-state index contributed by atoms with van der Waals surface area (Å²) in [7, 11) is 0. The Bertz CT molecular complexity index is 1190. The smallest absolute Gasteiger partial charge is 0.325 e. The van der Waals surface area contributed by atoms with Crippen molar-refractivity contribution < 1.29 is 23.5 Å². The Balaban J connectivity index is 1.46. The summed E-state index contributed by atoms with van der Waals surface area (Å²) < 4.78 is 21.0. The first kappa shape index (κ1) is 22.7. The van der Waals surface area contributed by atoms with Gasteiger partial charge in [-0.15, -0.1) is 0 Å². The number of nitrogens with one attached hydrogen (secondary N) is 1. The number of carbonyl (C=O) groups excluding carboxylic acids is 3. The van der Waals surface area contributed by atoms with E-state index >= 15 is 0 Å². The molecule has 0 radical (unpaired) electrons. The second-order valence-electron chi connectivity index (χ2n) is 8.27. The minimum atomic E-state index is -0.343. The van der Waals surface area contributed by atoms with Gasteiger partial charge in [-0.05, 0) is 49.9 Å². The van der Waals surface area contributed by atoms with Gasteiger partial charge in [-0.1, -0.05) is 30.3 Å². The summed E-state index contributed by atoms with van der Waals surface area (Å²) in [6.07, 6.45) is 2.17. The lowest BCUT2D eigenvalue weighted by Gasteiger charge is -2.25. The fourth-order valence-electron chi connectivity index (χ4n) is 4.56. The Morgan fingerprint density at radius 2 is 1.91 bits per heavy atom. The largest absolute Gasteiger partial charge is 0.465 e. The van der Waals surface area contributed by atoms with Gasteiger partial charge < -0.3 is 14.6 Å². The first-order chi connectivity index (χ1) is 16.0. The zero-order valence-corrected chi connectivity index (χ0v) is 18.6. The summed E-state index contributed by atoms with van der Waals surface area (Å²) in [6.45, 7) is 2.14. The fourth-order valence-corrected chi connectivity index (χ4v) is 4.56. The van der Waals surface area contributed by atoms with E-state index in [9.17, 15) is 18.8 Å². The van der Waals surface area contributed by atoms with Gasteiger partial charge in [0.05, 0.1) is 6.61 Å². The number of halogens is 1. The van der Waals surface area contributed by atoms with Crippen molar-refractivity contribution in [3.8, 4) is 0 Å². The molecule has 0 bridgehead atoms. The average molecular weight is 451 g/mol. The van der Waals surface area contributed by atoms with Gasteiger partial charge in [0, 0.05) is 41.0 Å². The van der Waals surface area contributed by atoms with Crippen LogP contribution in [-0.4, -0.2) is 34.9 Å². The summed E-state index contributed by atoms with van der Waals surface area (Å²) in [5.41, 5.74) is 3.32. The molecule has 1 N–H and O–H groups in total. The van der Waals surface area contributed by atoms with E-state index in [1.54, 1.807) is 37.3 Å². The highest BCUT2D eigenvalue weighted by Gasteiger charge is 2.27. The maximum Gasteiger partial charge on any atom is 0.325 e. The monoisotopic (exact) mass is 450 g/mol. The lowest BCUT2D eigenvalue weighted by atomic mass is 9.91. The summed E-state index contributed by atoms with van der Waals surface area (Å²) in [6, 6.07) is 13.4. The van der Waals surface area contributed by atoms with Gasteiger partial charge in [-0.2, -0.15) is 0 Å². The molecule has 0 aliphatic heterocycles. The number of Topliss-reactive ketones (excluding diaryl/α,β-unsaturated/α-hetero) is 1. The highest BCUT2D eigenvalue weighted by atomic mass is 19.1. The molecule has 4 rings (SSSR count). The number of carbonyl (C=O) groups is 3. The predicted octanol–water partition coefficient (Wildman–Crippen LogP) is 3.98. The van der Waals surface area contributed by atoms with Crippen molar-refractivity contribution in [1.82, 2.24) is 9.88 Å². The van der Waals surface area contributed by atoms with Crippen molar-refractivity contribution in [2.45, 2.75) is 51.6 Å². The quantitative estimate of drug-likeness (QED) is 0.416. The van der Waals surface area contributed by atoms with Crippen molar-refractivity contribution in [2.24, 2.45) is 0 Å². The summed E-state index contributed by atoms with van der Waals surface area (Å²) >= 11 is 0. The van der Waals surface area contributed by atoms with Crippen molar-refractivity contribution in [1.29, 1.82) is 0 Å².